The summed E-state index contributed by atoms with van der Waals surface area (Å²) in [4.78, 5) is 19.0. The zero-order valence-corrected chi connectivity index (χ0v) is 10.5. The van der Waals surface area contributed by atoms with Gasteiger partial charge >= 0.3 is 12.2 Å². The van der Waals surface area contributed by atoms with Crippen molar-refractivity contribution in [1.29, 1.82) is 0 Å². The summed E-state index contributed by atoms with van der Waals surface area (Å²) in [5.74, 6) is -0.642. The van der Waals surface area contributed by atoms with Crippen LogP contribution in [0.1, 0.15) is 5.56 Å². The molecular formula is C12H10F4N4O. The summed E-state index contributed by atoms with van der Waals surface area (Å²) < 4.78 is 51.8. The zero-order chi connectivity index (χ0) is 15.2. The van der Waals surface area contributed by atoms with Gasteiger partial charge in [0, 0.05) is 5.56 Å². The van der Waals surface area contributed by atoms with Crippen molar-refractivity contribution < 1.29 is 22.4 Å². The number of carbonyl (C=O) groups is 1. The van der Waals surface area contributed by atoms with E-state index in [4.69, 9.17) is 0 Å². The fourth-order valence-corrected chi connectivity index (χ4v) is 2.25. The number of aromatic amines is 1. The van der Waals surface area contributed by atoms with Crippen molar-refractivity contribution in [2.45, 2.75) is 18.8 Å². The number of urea groups is 1. The number of hydrogen-bond donors (Lipinski definition) is 2. The third kappa shape index (κ3) is 2.39. The number of rotatable bonds is 2. The van der Waals surface area contributed by atoms with Crippen molar-refractivity contribution in [2.24, 2.45) is 0 Å². The fourth-order valence-electron chi connectivity index (χ4n) is 2.25. The maximum absolute atomic E-state index is 14.2. The molecule has 2 heterocycles. The smallest absolute Gasteiger partial charge is 0.345 e. The fraction of sp³-hybridized carbons (Fsp3) is 0.333. The summed E-state index contributed by atoms with van der Waals surface area (Å²) in [5.41, 5.74) is 0.697. The quantitative estimate of drug-likeness (QED) is 0.835. The lowest BCUT2D eigenvalue weighted by Crippen LogP contribution is -2.40. The molecule has 1 aliphatic rings. The van der Waals surface area contributed by atoms with Crippen molar-refractivity contribution in [2.75, 3.05) is 6.54 Å². The topological polar surface area (TPSA) is 61.0 Å². The maximum atomic E-state index is 14.2. The van der Waals surface area contributed by atoms with E-state index in [0.717, 1.165) is 4.90 Å². The Bertz CT molecular complexity index is 696. The van der Waals surface area contributed by atoms with E-state index in [1.807, 2.05) is 5.32 Å². The van der Waals surface area contributed by atoms with E-state index < -0.39 is 30.6 Å². The van der Waals surface area contributed by atoms with Crippen molar-refractivity contribution in [3.8, 4) is 0 Å². The first kappa shape index (κ1) is 13.7. The van der Waals surface area contributed by atoms with Crippen LogP contribution in [-0.4, -0.2) is 39.7 Å². The van der Waals surface area contributed by atoms with Crippen molar-refractivity contribution in [3.63, 3.8) is 0 Å². The Morgan fingerprint density at radius 2 is 2.14 bits per heavy atom. The van der Waals surface area contributed by atoms with Crippen LogP contribution in [0, 0.1) is 5.82 Å². The van der Waals surface area contributed by atoms with Crippen LogP contribution in [0.15, 0.2) is 18.5 Å². The second kappa shape index (κ2) is 4.61. The number of aromatic nitrogens is 2. The first-order valence-corrected chi connectivity index (χ1v) is 6.09. The number of imidazole rings is 1. The lowest BCUT2D eigenvalue weighted by molar-refractivity contribution is -0.149. The molecule has 0 radical (unpaired) electrons. The molecule has 1 aromatic carbocycles. The molecule has 9 heteroatoms. The molecule has 1 unspecified atom stereocenters. The second-order valence-corrected chi connectivity index (χ2v) is 4.76. The molecule has 5 nitrogen and oxygen atoms in total. The summed E-state index contributed by atoms with van der Waals surface area (Å²) >= 11 is 0. The number of hydrogen-bond acceptors (Lipinski definition) is 2. The number of amides is 2. The lowest BCUT2D eigenvalue weighted by atomic mass is 10.1. The largest absolute Gasteiger partial charge is 0.410 e. The first-order chi connectivity index (χ1) is 9.86. The number of fused-ring (bicyclic) bond motifs is 1. The van der Waals surface area contributed by atoms with Gasteiger partial charge in [0.1, 0.15) is 11.6 Å². The molecule has 1 aliphatic heterocycles. The van der Waals surface area contributed by atoms with Crippen LogP contribution in [0.4, 0.5) is 22.4 Å². The molecule has 0 saturated carbocycles. The van der Waals surface area contributed by atoms with Gasteiger partial charge in [0.25, 0.3) is 0 Å². The molecule has 1 fully saturated rings. The van der Waals surface area contributed by atoms with E-state index >= 15 is 0 Å². The van der Waals surface area contributed by atoms with Crippen LogP contribution in [0.3, 0.4) is 0 Å². The zero-order valence-electron chi connectivity index (χ0n) is 10.5. The van der Waals surface area contributed by atoms with Gasteiger partial charge in [0.15, 0.2) is 5.82 Å². The monoisotopic (exact) mass is 302 g/mol. The third-order valence-electron chi connectivity index (χ3n) is 3.35. The lowest BCUT2D eigenvalue weighted by Gasteiger charge is -2.16. The number of nitrogens with one attached hydrogen (secondary N) is 2. The van der Waals surface area contributed by atoms with Gasteiger partial charge < -0.3 is 15.2 Å². The van der Waals surface area contributed by atoms with Crippen molar-refractivity contribution >= 4 is 17.1 Å². The number of carbonyl (C=O) groups excluding carboxylic acids is 1. The second-order valence-electron chi connectivity index (χ2n) is 4.76. The molecule has 1 saturated heterocycles. The number of alkyl halides is 3. The Hall–Kier alpha value is -2.32. The predicted octanol–water partition coefficient (Wildman–Crippen LogP) is 2.16. The maximum Gasteiger partial charge on any atom is 0.410 e. The Kier molecular flexibility index (Phi) is 2.99. The van der Waals surface area contributed by atoms with Crippen LogP contribution >= 0.6 is 0 Å². The van der Waals surface area contributed by atoms with Gasteiger partial charge in [-0.3, -0.25) is 0 Å². The van der Waals surface area contributed by atoms with Gasteiger partial charge in [-0.05, 0) is 6.07 Å². The molecule has 2 amide bonds. The first-order valence-electron chi connectivity index (χ1n) is 6.09. The highest BCUT2D eigenvalue weighted by atomic mass is 19.4. The van der Waals surface area contributed by atoms with E-state index in [1.165, 1.54) is 12.4 Å². The van der Waals surface area contributed by atoms with Crippen LogP contribution in [0.25, 0.3) is 11.0 Å². The minimum atomic E-state index is -4.52. The van der Waals surface area contributed by atoms with Crippen molar-refractivity contribution in [1.82, 2.24) is 20.2 Å². The van der Waals surface area contributed by atoms with Crippen LogP contribution in [0.5, 0.6) is 0 Å². The SMILES string of the molecule is O=C1NC(C(F)(F)F)CN1Cc1ccc2[nH]cnc2c1F. The molecule has 3 rings (SSSR count). The van der Waals surface area contributed by atoms with E-state index in [0.29, 0.717) is 5.52 Å². The average Bonchev–Trinajstić information content (AvgIpc) is 3.00. The minimum Gasteiger partial charge on any atom is -0.345 e. The molecule has 0 bridgehead atoms. The van der Waals surface area contributed by atoms with Crippen LogP contribution < -0.4 is 5.32 Å². The molecule has 0 aliphatic carbocycles. The number of nitrogens with zero attached hydrogens (tertiary/aromatic N) is 2. The normalized spacial score (nSPS) is 19.3. The van der Waals surface area contributed by atoms with Gasteiger partial charge in [-0.1, -0.05) is 6.07 Å². The summed E-state index contributed by atoms with van der Waals surface area (Å²) in [6.45, 7) is -0.784. The molecule has 2 N–H and O–H groups in total. The highest BCUT2D eigenvalue weighted by Crippen LogP contribution is 2.26. The molecule has 1 atom stereocenters. The highest BCUT2D eigenvalue weighted by Gasteiger charge is 2.46. The summed E-state index contributed by atoms with van der Waals surface area (Å²) in [6.07, 6.45) is -3.20. The molecule has 0 spiro atoms. The highest BCUT2D eigenvalue weighted by molar-refractivity contribution is 5.78. The standard InChI is InChI=1S/C12H10F4N4O/c13-9-6(1-2-7-10(9)18-5-17-7)3-20-4-8(12(14,15)16)19-11(20)21/h1-2,5,8H,3-4H2,(H,17,18)(H,19,21). The number of halogens is 4. The Morgan fingerprint density at radius 1 is 1.38 bits per heavy atom. The van der Waals surface area contributed by atoms with Crippen LogP contribution in [0.2, 0.25) is 0 Å². The van der Waals surface area contributed by atoms with Gasteiger partial charge in [-0.2, -0.15) is 13.2 Å². The predicted molar refractivity (Wildman–Crippen MR) is 64.8 cm³/mol. The molecule has 112 valence electrons. The third-order valence-corrected chi connectivity index (χ3v) is 3.35. The van der Waals surface area contributed by atoms with E-state index in [1.54, 1.807) is 6.07 Å². The van der Waals surface area contributed by atoms with Gasteiger partial charge in [-0.15, -0.1) is 0 Å². The van der Waals surface area contributed by atoms with Gasteiger partial charge in [0.05, 0.1) is 24.9 Å². The Balaban J connectivity index is 1.82. The van der Waals surface area contributed by atoms with Crippen molar-refractivity contribution in [3.05, 3.63) is 29.8 Å². The number of H-pyrrole nitrogens is 1. The van der Waals surface area contributed by atoms with E-state index in [9.17, 15) is 22.4 Å². The molecule has 21 heavy (non-hydrogen) atoms. The molecule has 1 aromatic heterocycles. The Labute approximate surface area is 115 Å². The van der Waals surface area contributed by atoms with Gasteiger partial charge in [0.2, 0.25) is 0 Å². The van der Waals surface area contributed by atoms with Gasteiger partial charge in [-0.25, -0.2) is 14.2 Å². The summed E-state index contributed by atoms with van der Waals surface area (Å²) in [6, 6.07) is 0.195. The summed E-state index contributed by atoms with van der Waals surface area (Å²) in [5, 5.41) is 1.83. The van der Waals surface area contributed by atoms with E-state index in [-0.39, 0.29) is 17.6 Å². The number of benzene rings is 1. The Morgan fingerprint density at radius 3 is 2.81 bits per heavy atom. The molecular weight excluding hydrogens is 292 g/mol. The minimum absolute atomic E-state index is 0.0967. The molecule has 2 aromatic rings. The summed E-state index contributed by atoms with van der Waals surface area (Å²) in [7, 11) is 0. The van der Waals surface area contributed by atoms with E-state index in [2.05, 4.69) is 9.97 Å². The average molecular weight is 302 g/mol. The van der Waals surface area contributed by atoms with Crippen LogP contribution in [-0.2, 0) is 6.54 Å².